The number of imidazole rings is 1. The Hall–Kier alpha value is -3.06. The zero-order valence-electron chi connectivity index (χ0n) is 15.0. The average Bonchev–Trinajstić information content (AvgIpc) is 3.02. The van der Waals surface area contributed by atoms with E-state index in [-0.39, 0.29) is 17.8 Å². The molecule has 0 fully saturated rings. The Balaban J connectivity index is 1.86. The van der Waals surface area contributed by atoms with Crippen LogP contribution in [-0.4, -0.2) is 18.7 Å². The molecule has 0 aliphatic rings. The van der Waals surface area contributed by atoms with Gasteiger partial charge >= 0.3 is 5.69 Å². The van der Waals surface area contributed by atoms with Gasteiger partial charge in [-0.2, -0.15) is 0 Å². The topological polar surface area (TPSA) is 61.8 Å². The summed E-state index contributed by atoms with van der Waals surface area (Å²) >= 11 is 1.46. The summed E-state index contributed by atoms with van der Waals surface area (Å²) in [7, 11) is 3.49. The maximum Gasteiger partial charge on any atom is 0.332 e. The van der Waals surface area contributed by atoms with Gasteiger partial charge in [-0.25, -0.2) is 9.78 Å². The maximum absolute atomic E-state index is 13.0. The van der Waals surface area contributed by atoms with Crippen LogP contribution in [0.25, 0.3) is 11.2 Å². The molecule has 0 saturated heterocycles. The van der Waals surface area contributed by atoms with E-state index in [1.54, 1.807) is 11.6 Å². The summed E-state index contributed by atoms with van der Waals surface area (Å²) in [5.41, 5.74) is 0.996. The van der Waals surface area contributed by atoms with Crippen LogP contribution in [0.1, 0.15) is 5.56 Å². The van der Waals surface area contributed by atoms with Crippen molar-refractivity contribution >= 4 is 22.9 Å². The third-order valence-electron chi connectivity index (χ3n) is 4.44. The molecule has 0 bridgehead atoms. The van der Waals surface area contributed by atoms with Crippen LogP contribution in [0.4, 0.5) is 0 Å². The number of nitrogens with zero attached hydrogens (tertiary/aromatic N) is 4. The van der Waals surface area contributed by atoms with Crippen LogP contribution in [0.5, 0.6) is 0 Å². The van der Waals surface area contributed by atoms with E-state index in [1.807, 2.05) is 67.7 Å². The minimum atomic E-state index is -0.368. The highest BCUT2D eigenvalue weighted by Gasteiger charge is 2.19. The number of rotatable bonds is 4. The summed E-state index contributed by atoms with van der Waals surface area (Å²) in [4.78, 5) is 31.4. The molecule has 0 unspecified atom stereocenters. The lowest BCUT2D eigenvalue weighted by molar-refractivity contribution is 0.649. The summed E-state index contributed by atoms with van der Waals surface area (Å²) in [6.07, 6.45) is 0. The van der Waals surface area contributed by atoms with Crippen molar-refractivity contribution in [2.45, 2.75) is 16.6 Å². The van der Waals surface area contributed by atoms with Crippen LogP contribution in [0, 0.1) is 0 Å². The average molecular weight is 378 g/mol. The van der Waals surface area contributed by atoms with Gasteiger partial charge in [0.05, 0.1) is 6.54 Å². The van der Waals surface area contributed by atoms with Gasteiger partial charge in [-0.1, -0.05) is 60.3 Å². The monoisotopic (exact) mass is 378 g/mol. The number of aryl methyl sites for hydroxylation is 2. The van der Waals surface area contributed by atoms with E-state index in [0.717, 1.165) is 10.5 Å². The van der Waals surface area contributed by atoms with Gasteiger partial charge in [-0.3, -0.25) is 13.9 Å². The highest BCUT2D eigenvalue weighted by molar-refractivity contribution is 7.99. The first-order chi connectivity index (χ1) is 13.1. The third-order valence-corrected chi connectivity index (χ3v) is 5.50. The fraction of sp³-hybridized carbons (Fsp3) is 0.150. The third kappa shape index (κ3) is 3.10. The SMILES string of the molecule is Cn1c(Sc2ccccc2)nc2c(=O)n(Cc3ccccc3)c(=O)n(C)c21. The summed E-state index contributed by atoms with van der Waals surface area (Å²) in [6, 6.07) is 19.3. The first kappa shape index (κ1) is 17.4. The fourth-order valence-corrected chi connectivity index (χ4v) is 3.94. The quantitative estimate of drug-likeness (QED) is 0.548. The first-order valence-electron chi connectivity index (χ1n) is 8.49. The van der Waals surface area contributed by atoms with Gasteiger partial charge in [0.1, 0.15) is 0 Å². The molecule has 4 rings (SSSR count). The van der Waals surface area contributed by atoms with Crippen LogP contribution >= 0.6 is 11.8 Å². The van der Waals surface area contributed by atoms with Crippen molar-refractivity contribution in [2.24, 2.45) is 14.1 Å². The molecular weight excluding hydrogens is 360 g/mol. The molecular formula is C20H18N4O2S. The second-order valence-corrected chi connectivity index (χ2v) is 7.30. The lowest BCUT2D eigenvalue weighted by atomic mass is 10.2. The van der Waals surface area contributed by atoms with Gasteiger partial charge < -0.3 is 4.57 Å². The Kier molecular flexibility index (Phi) is 4.45. The van der Waals surface area contributed by atoms with Gasteiger partial charge in [0, 0.05) is 19.0 Å². The van der Waals surface area contributed by atoms with Gasteiger partial charge in [0.15, 0.2) is 16.3 Å². The normalized spacial score (nSPS) is 11.2. The molecule has 0 N–H and O–H groups in total. The molecule has 136 valence electrons. The molecule has 2 aromatic carbocycles. The largest absolute Gasteiger partial charge is 0.332 e. The zero-order valence-corrected chi connectivity index (χ0v) is 15.8. The second kappa shape index (κ2) is 6.92. The number of hydrogen-bond acceptors (Lipinski definition) is 4. The van der Waals surface area contributed by atoms with Crippen LogP contribution < -0.4 is 11.2 Å². The van der Waals surface area contributed by atoms with Crippen molar-refractivity contribution < 1.29 is 0 Å². The Morgan fingerprint density at radius 3 is 2.19 bits per heavy atom. The number of hydrogen-bond donors (Lipinski definition) is 0. The lowest BCUT2D eigenvalue weighted by Crippen LogP contribution is -2.39. The predicted molar refractivity (Wildman–Crippen MR) is 106 cm³/mol. The van der Waals surface area contributed by atoms with Gasteiger partial charge in [-0.15, -0.1) is 0 Å². The number of fused-ring (bicyclic) bond motifs is 1. The van der Waals surface area contributed by atoms with Crippen LogP contribution in [0.3, 0.4) is 0 Å². The molecule has 0 radical (unpaired) electrons. The molecule has 0 amide bonds. The van der Waals surface area contributed by atoms with Crippen molar-refractivity contribution in [2.75, 3.05) is 0 Å². The standard InChI is InChI=1S/C20H18N4O2S/c1-22-17-16(21-19(22)27-15-11-7-4-8-12-15)18(25)24(20(26)23(17)2)13-14-9-5-3-6-10-14/h3-12H,13H2,1-2H3. The zero-order chi connectivity index (χ0) is 19.0. The number of benzene rings is 2. The molecule has 2 heterocycles. The maximum atomic E-state index is 13.0. The Morgan fingerprint density at radius 1 is 0.889 bits per heavy atom. The molecule has 7 heteroatoms. The van der Waals surface area contributed by atoms with E-state index in [2.05, 4.69) is 4.98 Å². The van der Waals surface area contributed by atoms with Crippen LogP contribution in [0.2, 0.25) is 0 Å². The van der Waals surface area contributed by atoms with Crippen molar-refractivity contribution in [3.63, 3.8) is 0 Å². The Labute approximate surface area is 159 Å². The molecule has 6 nitrogen and oxygen atoms in total. The first-order valence-corrected chi connectivity index (χ1v) is 9.31. The van der Waals surface area contributed by atoms with E-state index in [1.165, 1.54) is 20.9 Å². The van der Waals surface area contributed by atoms with E-state index >= 15 is 0 Å². The molecule has 0 spiro atoms. The van der Waals surface area contributed by atoms with E-state index in [0.29, 0.717) is 16.3 Å². The second-order valence-electron chi connectivity index (χ2n) is 6.26. The molecule has 27 heavy (non-hydrogen) atoms. The van der Waals surface area contributed by atoms with Crippen molar-refractivity contribution in [3.8, 4) is 0 Å². The summed E-state index contributed by atoms with van der Waals surface area (Å²) in [6.45, 7) is 0.222. The molecule has 2 aromatic heterocycles. The highest BCUT2D eigenvalue weighted by Crippen LogP contribution is 2.27. The highest BCUT2D eigenvalue weighted by atomic mass is 32.2. The molecule has 0 saturated carbocycles. The van der Waals surface area contributed by atoms with Crippen molar-refractivity contribution in [3.05, 3.63) is 87.1 Å². The summed E-state index contributed by atoms with van der Waals surface area (Å²) in [5.74, 6) is 0. The van der Waals surface area contributed by atoms with Gasteiger partial charge in [-0.05, 0) is 17.7 Å². The fourth-order valence-electron chi connectivity index (χ4n) is 3.07. The van der Waals surface area contributed by atoms with E-state index in [4.69, 9.17) is 0 Å². The van der Waals surface area contributed by atoms with E-state index < -0.39 is 0 Å². The minimum Gasteiger partial charge on any atom is -0.308 e. The van der Waals surface area contributed by atoms with Crippen molar-refractivity contribution in [1.82, 2.24) is 18.7 Å². The molecule has 0 atom stereocenters. The van der Waals surface area contributed by atoms with Gasteiger partial charge in [0.2, 0.25) is 0 Å². The molecule has 0 aliphatic carbocycles. The van der Waals surface area contributed by atoms with Gasteiger partial charge in [0.25, 0.3) is 5.56 Å². The lowest BCUT2D eigenvalue weighted by Gasteiger charge is -2.09. The molecule has 4 aromatic rings. The van der Waals surface area contributed by atoms with Crippen LogP contribution in [-0.2, 0) is 20.6 Å². The van der Waals surface area contributed by atoms with Crippen molar-refractivity contribution in [1.29, 1.82) is 0 Å². The summed E-state index contributed by atoms with van der Waals surface area (Å²) < 4.78 is 4.52. The Morgan fingerprint density at radius 2 is 1.52 bits per heavy atom. The predicted octanol–water partition coefficient (Wildman–Crippen LogP) is 2.63. The number of aromatic nitrogens is 4. The van der Waals surface area contributed by atoms with Crippen LogP contribution in [0.15, 0.2) is 80.3 Å². The summed E-state index contributed by atoms with van der Waals surface area (Å²) in [5, 5.41) is 0.667. The smallest absolute Gasteiger partial charge is 0.308 e. The Bertz CT molecular complexity index is 1220. The van der Waals surface area contributed by atoms with E-state index in [9.17, 15) is 9.59 Å². The molecule has 0 aliphatic heterocycles. The minimum absolute atomic E-state index is 0.222.